The van der Waals surface area contributed by atoms with Crippen LogP contribution in [0.1, 0.15) is 24.1 Å². The molecule has 2 rings (SSSR count). The van der Waals surface area contributed by atoms with Gasteiger partial charge < -0.3 is 10.6 Å². The zero-order valence-corrected chi connectivity index (χ0v) is 13.7. The Labute approximate surface area is 124 Å². The number of hydrogen-bond donors (Lipinski definition) is 1. The third kappa shape index (κ3) is 3.37. The van der Waals surface area contributed by atoms with Gasteiger partial charge in [0.1, 0.15) is 0 Å². The highest BCUT2D eigenvalue weighted by atomic mass is 79.9. The summed E-state index contributed by atoms with van der Waals surface area (Å²) in [7, 11) is 2.19. The molecule has 0 saturated carbocycles. The molecule has 0 aromatic heterocycles. The van der Waals surface area contributed by atoms with Crippen LogP contribution in [-0.2, 0) is 0 Å². The Morgan fingerprint density at radius 1 is 1.42 bits per heavy atom. The molecule has 2 atom stereocenters. The van der Waals surface area contributed by atoms with E-state index in [9.17, 15) is 0 Å². The van der Waals surface area contributed by atoms with Crippen LogP contribution in [0.4, 0.5) is 0 Å². The number of likely N-dealkylation sites (N-methyl/N-ethyl adjacent to an activating group) is 1. The Hall–Kier alpha value is -0.420. The zero-order chi connectivity index (χ0) is 14.0. The van der Waals surface area contributed by atoms with Crippen molar-refractivity contribution in [3.63, 3.8) is 0 Å². The number of aryl methyl sites for hydroxylation is 1. The van der Waals surface area contributed by atoms with Crippen molar-refractivity contribution >= 4 is 15.9 Å². The minimum atomic E-state index is 0.320. The summed E-state index contributed by atoms with van der Waals surface area (Å²) >= 11 is 3.62. The number of benzene rings is 1. The molecule has 2 N–H and O–H groups in total. The third-order valence-electron chi connectivity index (χ3n) is 4.09. The molecule has 19 heavy (non-hydrogen) atoms. The molecule has 2 unspecified atom stereocenters. The van der Waals surface area contributed by atoms with Crippen LogP contribution in [0.5, 0.6) is 0 Å². The van der Waals surface area contributed by atoms with Crippen LogP contribution in [0, 0.1) is 6.92 Å². The fourth-order valence-electron chi connectivity index (χ4n) is 2.90. The molecule has 106 valence electrons. The lowest BCUT2D eigenvalue weighted by Crippen LogP contribution is -2.52. The van der Waals surface area contributed by atoms with E-state index in [-0.39, 0.29) is 0 Å². The first-order valence-electron chi connectivity index (χ1n) is 6.93. The van der Waals surface area contributed by atoms with E-state index in [2.05, 4.69) is 64.8 Å². The van der Waals surface area contributed by atoms with Gasteiger partial charge in [-0.15, -0.1) is 0 Å². The van der Waals surface area contributed by atoms with Gasteiger partial charge in [0.15, 0.2) is 0 Å². The van der Waals surface area contributed by atoms with Gasteiger partial charge in [0.25, 0.3) is 0 Å². The lowest BCUT2D eigenvalue weighted by Gasteiger charge is -2.42. The van der Waals surface area contributed by atoms with Crippen molar-refractivity contribution in [2.75, 3.05) is 33.2 Å². The number of hydrogen-bond acceptors (Lipinski definition) is 3. The van der Waals surface area contributed by atoms with Gasteiger partial charge in [-0.05, 0) is 38.1 Å². The van der Waals surface area contributed by atoms with Crippen LogP contribution in [0.3, 0.4) is 0 Å². The van der Waals surface area contributed by atoms with E-state index in [1.165, 1.54) is 15.6 Å². The summed E-state index contributed by atoms with van der Waals surface area (Å²) in [5.74, 6) is 0. The number of nitrogens with two attached hydrogens (primary N) is 1. The molecule has 0 bridgehead atoms. The molecule has 0 aliphatic carbocycles. The molecule has 1 fully saturated rings. The van der Waals surface area contributed by atoms with Gasteiger partial charge in [-0.1, -0.05) is 28.1 Å². The van der Waals surface area contributed by atoms with E-state index >= 15 is 0 Å². The average molecular weight is 326 g/mol. The van der Waals surface area contributed by atoms with E-state index in [1.54, 1.807) is 0 Å². The Kier molecular flexibility index (Phi) is 5.01. The lowest BCUT2D eigenvalue weighted by molar-refractivity contribution is 0.0635. The van der Waals surface area contributed by atoms with Gasteiger partial charge in [-0.3, -0.25) is 4.90 Å². The second-order valence-electron chi connectivity index (χ2n) is 5.61. The van der Waals surface area contributed by atoms with Gasteiger partial charge in [0.2, 0.25) is 0 Å². The van der Waals surface area contributed by atoms with Gasteiger partial charge in [0.05, 0.1) is 0 Å². The molecule has 0 spiro atoms. The van der Waals surface area contributed by atoms with Crippen molar-refractivity contribution in [1.29, 1.82) is 0 Å². The standard InChI is InChI=1S/C15H24BrN3/c1-11-4-5-13(8-14(11)16)15(9-17)19-7-6-18(3)10-12(19)2/h4-5,8,12,15H,6-7,9-10,17H2,1-3H3. The van der Waals surface area contributed by atoms with Crippen LogP contribution in [0.2, 0.25) is 0 Å². The highest BCUT2D eigenvalue weighted by Crippen LogP contribution is 2.27. The summed E-state index contributed by atoms with van der Waals surface area (Å²) < 4.78 is 1.17. The molecule has 1 aromatic carbocycles. The van der Waals surface area contributed by atoms with Crippen LogP contribution in [-0.4, -0.2) is 49.1 Å². The summed E-state index contributed by atoms with van der Waals surface area (Å²) in [6.07, 6.45) is 0. The SMILES string of the molecule is Cc1ccc(C(CN)N2CCN(C)CC2C)cc1Br. The average Bonchev–Trinajstić information content (AvgIpc) is 2.37. The zero-order valence-electron chi connectivity index (χ0n) is 12.1. The first-order chi connectivity index (χ1) is 9.02. The fourth-order valence-corrected chi connectivity index (χ4v) is 3.29. The summed E-state index contributed by atoms with van der Waals surface area (Å²) in [6.45, 7) is 8.40. The molecule has 1 aromatic rings. The second-order valence-corrected chi connectivity index (χ2v) is 6.46. The van der Waals surface area contributed by atoms with E-state index in [0.717, 1.165) is 19.6 Å². The highest BCUT2D eigenvalue weighted by Gasteiger charge is 2.28. The van der Waals surface area contributed by atoms with Crippen LogP contribution in [0.25, 0.3) is 0 Å². The van der Waals surface area contributed by atoms with Gasteiger partial charge >= 0.3 is 0 Å². The van der Waals surface area contributed by atoms with E-state index in [1.807, 2.05) is 0 Å². The van der Waals surface area contributed by atoms with Gasteiger partial charge in [0, 0.05) is 42.7 Å². The molecule has 0 radical (unpaired) electrons. The predicted molar refractivity (Wildman–Crippen MR) is 84.3 cm³/mol. The van der Waals surface area contributed by atoms with Crippen molar-refractivity contribution < 1.29 is 0 Å². The Morgan fingerprint density at radius 2 is 2.16 bits per heavy atom. The van der Waals surface area contributed by atoms with Gasteiger partial charge in [-0.25, -0.2) is 0 Å². The van der Waals surface area contributed by atoms with Crippen LogP contribution < -0.4 is 5.73 Å². The van der Waals surface area contributed by atoms with Crippen molar-refractivity contribution in [3.05, 3.63) is 33.8 Å². The topological polar surface area (TPSA) is 32.5 Å². The summed E-state index contributed by atoms with van der Waals surface area (Å²) in [6, 6.07) is 7.47. The van der Waals surface area contributed by atoms with Crippen molar-refractivity contribution in [1.82, 2.24) is 9.80 Å². The molecule has 1 aliphatic rings. The second kappa shape index (κ2) is 6.35. The Bertz CT molecular complexity index is 435. The summed E-state index contributed by atoms with van der Waals surface area (Å²) in [4.78, 5) is 4.93. The molecular weight excluding hydrogens is 302 g/mol. The van der Waals surface area contributed by atoms with Gasteiger partial charge in [-0.2, -0.15) is 0 Å². The van der Waals surface area contributed by atoms with Crippen LogP contribution in [0.15, 0.2) is 22.7 Å². The van der Waals surface area contributed by atoms with E-state index in [4.69, 9.17) is 5.73 Å². The van der Waals surface area contributed by atoms with Crippen molar-refractivity contribution in [3.8, 4) is 0 Å². The number of piperazine rings is 1. The number of nitrogens with zero attached hydrogens (tertiary/aromatic N) is 2. The minimum Gasteiger partial charge on any atom is -0.329 e. The van der Waals surface area contributed by atoms with Crippen LogP contribution >= 0.6 is 15.9 Å². The third-order valence-corrected chi connectivity index (χ3v) is 4.94. The molecule has 3 nitrogen and oxygen atoms in total. The molecular formula is C15H24BrN3. The maximum Gasteiger partial charge on any atom is 0.0474 e. The summed E-state index contributed by atoms with van der Waals surface area (Å²) in [5.41, 5.74) is 8.64. The first-order valence-corrected chi connectivity index (χ1v) is 7.72. The summed E-state index contributed by atoms with van der Waals surface area (Å²) in [5, 5.41) is 0. The molecule has 1 aliphatic heterocycles. The smallest absolute Gasteiger partial charge is 0.0474 e. The molecule has 1 heterocycles. The van der Waals surface area contributed by atoms with E-state index in [0.29, 0.717) is 18.6 Å². The minimum absolute atomic E-state index is 0.320. The van der Waals surface area contributed by atoms with Crippen molar-refractivity contribution in [2.45, 2.75) is 25.9 Å². The molecule has 1 saturated heterocycles. The normalized spacial score (nSPS) is 23.5. The maximum atomic E-state index is 6.05. The molecule has 4 heteroatoms. The number of halogens is 1. The maximum absolute atomic E-state index is 6.05. The Balaban J connectivity index is 2.21. The fraction of sp³-hybridized carbons (Fsp3) is 0.600. The number of rotatable bonds is 3. The lowest BCUT2D eigenvalue weighted by atomic mass is 10.0. The highest BCUT2D eigenvalue weighted by molar-refractivity contribution is 9.10. The largest absolute Gasteiger partial charge is 0.329 e. The quantitative estimate of drug-likeness (QED) is 0.926. The van der Waals surface area contributed by atoms with Crippen molar-refractivity contribution in [2.24, 2.45) is 5.73 Å². The monoisotopic (exact) mass is 325 g/mol. The van der Waals surface area contributed by atoms with E-state index < -0.39 is 0 Å². The first kappa shape index (κ1) is 15.0. The predicted octanol–water partition coefficient (Wildman–Crippen LogP) is 2.39. The molecule has 0 amide bonds. The Morgan fingerprint density at radius 3 is 2.74 bits per heavy atom.